The number of carbonyl (C=O) groups is 1. The molecule has 3 nitrogen and oxygen atoms in total. The molecule has 2 unspecified atom stereocenters. The molecule has 0 radical (unpaired) electrons. The highest BCUT2D eigenvalue weighted by molar-refractivity contribution is 8.13. The van der Waals surface area contributed by atoms with Crippen molar-refractivity contribution in [2.45, 2.75) is 19.1 Å². The number of hydrogen-bond donors (Lipinski definition) is 2. The second kappa shape index (κ2) is 5.98. The van der Waals surface area contributed by atoms with Crippen molar-refractivity contribution in [1.82, 2.24) is 0 Å². The number of hydrogen-bond acceptors (Lipinski definition) is 4. The maximum Gasteiger partial charge on any atom is 0.185 e. The molecule has 0 amide bonds. The smallest absolute Gasteiger partial charge is 0.185 e. The topological polar surface area (TPSA) is 57.5 Å². The first kappa shape index (κ1) is 13.2. The summed E-state index contributed by atoms with van der Waals surface area (Å²) in [5.74, 6) is -0.521. The monoisotopic (exact) mass is 244 g/mol. The average molecular weight is 244 g/mol. The van der Waals surface area contributed by atoms with Crippen LogP contribution in [0, 0.1) is 5.82 Å². The van der Waals surface area contributed by atoms with Crippen molar-refractivity contribution in [2.75, 3.05) is 5.75 Å². The molecule has 0 aliphatic carbocycles. The van der Waals surface area contributed by atoms with E-state index in [-0.39, 0.29) is 16.4 Å². The van der Waals surface area contributed by atoms with Crippen molar-refractivity contribution >= 4 is 16.9 Å². The molecule has 0 aliphatic heterocycles. The molecule has 0 saturated carbocycles. The van der Waals surface area contributed by atoms with Gasteiger partial charge in [0, 0.05) is 18.2 Å². The van der Waals surface area contributed by atoms with E-state index in [0.717, 1.165) is 11.8 Å². The number of aliphatic hydroxyl groups excluding tert-OH is 2. The lowest BCUT2D eigenvalue weighted by Gasteiger charge is -2.17. The third-order valence-electron chi connectivity index (χ3n) is 2.05. The zero-order valence-electron chi connectivity index (χ0n) is 8.76. The lowest BCUT2D eigenvalue weighted by atomic mass is 10.1. The Bertz CT molecular complexity index is 370. The van der Waals surface area contributed by atoms with Gasteiger partial charge in [0.15, 0.2) is 5.12 Å². The van der Waals surface area contributed by atoms with Crippen LogP contribution in [0.5, 0.6) is 0 Å². The number of rotatable bonds is 4. The largest absolute Gasteiger partial charge is 0.389 e. The van der Waals surface area contributed by atoms with E-state index in [1.54, 1.807) is 6.07 Å². The van der Waals surface area contributed by atoms with Crippen molar-refractivity contribution < 1.29 is 19.4 Å². The minimum atomic E-state index is -1.31. The molecule has 5 heteroatoms. The average Bonchev–Trinajstić information content (AvgIpc) is 2.25. The Morgan fingerprint density at radius 2 is 2.06 bits per heavy atom. The van der Waals surface area contributed by atoms with E-state index in [4.69, 9.17) is 0 Å². The summed E-state index contributed by atoms with van der Waals surface area (Å²) in [6.07, 6.45) is -2.47. The zero-order chi connectivity index (χ0) is 12.1. The van der Waals surface area contributed by atoms with E-state index in [2.05, 4.69) is 0 Å². The van der Waals surface area contributed by atoms with Gasteiger partial charge in [0.05, 0.1) is 6.10 Å². The zero-order valence-corrected chi connectivity index (χ0v) is 9.58. The highest BCUT2D eigenvalue weighted by atomic mass is 32.2. The summed E-state index contributed by atoms with van der Waals surface area (Å²) in [5.41, 5.74) is 0.0409. The minimum absolute atomic E-state index is 0.0409. The van der Waals surface area contributed by atoms with Gasteiger partial charge in [-0.05, 0) is 6.07 Å². The van der Waals surface area contributed by atoms with Crippen LogP contribution < -0.4 is 0 Å². The summed E-state index contributed by atoms with van der Waals surface area (Å²) in [4.78, 5) is 10.7. The van der Waals surface area contributed by atoms with Gasteiger partial charge in [0.1, 0.15) is 11.9 Å². The second-order valence-corrected chi connectivity index (χ2v) is 4.53. The molecule has 2 N–H and O–H groups in total. The maximum absolute atomic E-state index is 13.3. The second-order valence-electron chi connectivity index (χ2n) is 3.34. The summed E-state index contributed by atoms with van der Waals surface area (Å²) in [5, 5.41) is 19.1. The molecule has 1 aromatic carbocycles. The van der Waals surface area contributed by atoms with Crippen molar-refractivity contribution in [2.24, 2.45) is 0 Å². The van der Waals surface area contributed by atoms with Gasteiger partial charge in [-0.15, -0.1) is 0 Å². The highest BCUT2D eigenvalue weighted by Gasteiger charge is 2.21. The van der Waals surface area contributed by atoms with Gasteiger partial charge in [-0.3, -0.25) is 4.79 Å². The number of halogens is 1. The fourth-order valence-corrected chi connectivity index (χ4v) is 1.80. The molecule has 0 spiro atoms. The molecule has 0 heterocycles. The Morgan fingerprint density at radius 3 is 2.62 bits per heavy atom. The van der Waals surface area contributed by atoms with Crippen molar-refractivity contribution in [3.05, 3.63) is 35.6 Å². The van der Waals surface area contributed by atoms with Crippen LogP contribution in [-0.2, 0) is 4.79 Å². The van der Waals surface area contributed by atoms with Crippen LogP contribution >= 0.6 is 11.8 Å². The summed E-state index contributed by atoms with van der Waals surface area (Å²) in [6, 6.07) is 5.69. The summed E-state index contributed by atoms with van der Waals surface area (Å²) >= 11 is 0.897. The van der Waals surface area contributed by atoms with E-state index in [1.165, 1.54) is 25.1 Å². The first-order valence-corrected chi connectivity index (χ1v) is 5.75. The molecule has 88 valence electrons. The molecule has 16 heavy (non-hydrogen) atoms. The Labute approximate surface area is 97.3 Å². The van der Waals surface area contributed by atoms with Crippen LogP contribution in [0.25, 0.3) is 0 Å². The van der Waals surface area contributed by atoms with Crippen LogP contribution in [0.2, 0.25) is 0 Å². The fourth-order valence-electron chi connectivity index (χ4n) is 1.22. The van der Waals surface area contributed by atoms with Crippen molar-refractivity contribution in [1.29, 1.82) is 0 Å². The maximum atomic E-state index is 13.3. The molecular weight excluding hydrogens is 231 g/mol. The summed E-state index contributed by atoms with van der Waals surface area (Å²) in [7, 11) is 0. The number of thioether (sulfide) groups is 1. The number of aliphatic hydroxyl groups is 2. The summed E-state index contributed by atoms with van der Waals surface area (Å²) in [6.45, 7) is 1.37. The van der Waals surface area contributed by atoms with E-state index in [9.17, 15) is 19.4 Å². The lowest BCUT2D eigenvalue weighted by molar-refractivity contribution is -0.109. The molecule has 0 aliphatic rings. The van der Waals surface area contributed by atoms with Gasteiger partial charge in [0.25, 0.3) is 0 Å². The first-order chi connectivity index (χ1) is 7.52. The van der Waals surface area contributed by atoms with E-state index >= 15 is 0 Å². The Morgan fingerprint density at radius 1 is 1.44 bits per heavy atom. The fraction of sp³-hybridized carbons (Fsp3) is 0.364. The minimum Gasteiger partial charge on any atom is -0.389 e. The first-order valence-electron chi connectivity index (χ1n) is 4.76. The number of benzene rings is 1. The molecule has 1 rings (SSSR count). The van der Waals surface area contributed by atoms with Gasteiger partial charge < -0.3 is 10.2 Å². The van der Waals surface area contributed by atoms with Crippen LogP contribution in [0.1, 0.15) is 18.6 Å². The lowest BCUT2D eigenvalue weighted by Crippen LogP contribution is -2.22. The normalized spacial score (nSPS) is 14.5. The number of carbonyl (C=O) groups excluding carboxylic acids is 1. The summed E-state index contributed by atoms with van der Waals surface area (Å²) < 4.78 is 13.3. The third-order valence-corrected chi connectivity index (χ3v) is 2.96. The predicted octanol–water partition coefficient (Wildman–Crippen LogP) is 1.50. The van der Waals surface area contributed by atoms with Gasteiger partial charge in [0.2, 0.25) is 0 Å². The Balaban J connectivity index is 2.66. The van der Waals surface area contributed by atoms with Crippen LogP contribution in [0.4, 0.5) is 4.39 Å². The van der Waals surface area contributed by atoms with Crippen molar-refractivity contribution in [3.63, 3.8) is 0 Å². The SMILES string of the molecule is CC(=O)SCC(O)C(O)c1ccccc1F. The van der Waals surface area contributed by atoms with Crippen molar-refractivity contribution in [3.8, 4) is 0 Å². The molecular formula is C11H13FO3S. The van der Waals surface area contributed by atoms with Crippen LogP contribution in [0.3, 0.4) is 0 Å². The van der Waals surface area contributed by atoms with Gasteiger partial charge in [-0.2, -0.15) is 0 Å². The van der Waals surface area contributed by atoms with Gasteiger partial charge in [-0.1, -0.05) is 30.0 Å². The molecule has 2 atom stereocenters. The van der Waals surface area contributed by atoms with E-state index < -0.39 is 18.0 Å². The quantitative estimate of drug-likeness (QED) is 0.842. The molecule has 1 aromatic rings. The highest BCUT2D eigenvalue weighted by Crippen LogP contribution is 2.22. The molecule has 0 saturated heterocycles. The van der Waals surface area contributed by atoms with Crippen LogP contribution in [0.15, 0.2) is 24.3 Å². The molecule has 0 aromatic heterocycles. The molecule has 0 fully saturated rings. The molecule has 0 bridgehead atoms. The standard InChI is InChI=1S/C11H13FO3S/c1-7(13)16-6-10(14)11(15)8-4-2-3-5-9(8)12/h2-5,10-11,14-15H,6H2,1H3. The predicted molar refractivity (Wildman–Crippen MR) is 60.5 cm³/mol. The van der Waals surface area contributed by atoms with E-state index in [0.29, 0.717) is 0 Å². The van der Waals surface area contributed by atoms with Gasteiger partial charge >= 0.3 is 0 Å². The van der Waals surface area contributed by atoms with Crippen LogP contribution in [-0.4, -0.2) is 27.2 Å². The Hall–Kier alpha value is -0.910. The van der Waals surface area contributed by atoms with E-state index in [1.807, 2.05) is 0 Å². The third kappa shape index (κ3) is 3.59. The van der Waals surface area contributed by atoms with Gasteiger partial charge in [-0.25, -0.2) is 4.39 Å². The Kier molecular flexibility index (Phi) is 4.92.